The fourth-order valence-electron chi connectivity index (χ4n) is 6.23. The quantitative estimate of drug-likeness (QED) is 0.0200. The van der Waals surface area contributed by atoms with Crippen molar-refractivity contribution in [1.29, 1.82) is 0 Å². The molecule has 0 spiro atoms. The van der Waals surface area contributed by atoms with Crippen molar-refractivity contribution in [2.24, 2.45) is 0 Å². The standard InChI is InChI=1S/C55H88O6/c1-4-7-10-13-16-19-22-25-27-29-30-33-36-39-42-45-48-54(57)60-51-52(50-59-53(56)47-44-41-38-35-32-24-21-18-15-12-9-6-3)61-55(58)49-46-43-40-37-34-31-28-26-23-20-17-14-11-8-5-2/h8-9,11-12,14,17-18,20-21,23,26-29,31-32,34-35,52H,4-7,10,13,15-16,19,22,24-25,30,33,36-51H2,1-3H3/b11-8-,12-9-,17-14-,21-18-,23-20-,28-26-,29-27-,34-31-,35-32-. The molecule has 1 atom stereocenters. The molecule has 0 aromatic rings. The number of carbonyl (C=O) groups excluding carboxylic acids is 3. The van der Waals surface area contributed by atoms with Crippen LogP contribution in [0, 0.1) is 0 Å². The van der Waals surface area contributed by atoms with E-state index in [1.54, 1.807) is 0 Å². The lowest BCUT2D eigenvalue weighted by molar-refractivity contribution is -0.167. The number of hydrogen-bond acceptors (Lipinski definition) is 6. The smallest absolute Gasteiger partial charge is 0.306 e. The Morgan fingerprint density at radius 2 is 0.721 bits per heavy atom. The Morgan fingerprint density at radius 1 is 0.361 bits per heavy atom. The van der Waals surface area contributed by atoms with Crippen molar-refractivity contribution in [3.63, 3.8) is 0 Å². The van der Waals surface area contributed by atoms with Crippen LogP contribution in [0.4, 0.5) is 0 Å². The molecule has 0 rings (SSSR count). The molecule has 0 saturated carbocycles. The minimum absolute atomic E-state index is 0.114. The van der Waals surface area contributed by atoms with E-state index in [0.29, 0.717) is 25.7 Å². The third-order valence-corrected chi connectivity index (χ3v) is 9.87. The fourth-order valence-corrected chi connectivity index (χ4v) is 6.23. The van der Waals surface area contributed by atoms with Crippen molar-refractivity contribution in [2.75, 3.05) is 13.2 Å². The number of hydrogen-bond donors (Lipinski definition) is 0. The Kier molecular flexibility index (Phi) is 45.6. The van der Waals surface area contributed by atoms with Crippen molar-refractivity contribution < 1.29 is 28.6 Å². The zero-order chi connectivity index (χ0) is 44.4. The van der Waals surface area contributed by atoms with Crippen molar-refractivity contribution in [2.45, 2.75) is 207 Å². The maximum absolute atomic E-state index is 12.8. The van der Waals surface area contributed by atoms with Gasteiger partial charge in [0, 0.05) is 19.3 Å². The van der Waals surface area contributed by atoms with Gasteiger partial charge in [-0.2, -0.15) is 0 Å². The van der Waals surface area contributed by atoms with E-state index in [9.17, 15) is 14.4 Å². The predicted molar refractivity (Wildman–Crippen MR) is 260 cm³/mol. The first-order valence-corrected chi connectivity index (χ1v) is 24.5. The van der Waals surface area contributed by atoms with Gasteiger partial charge in [-0.25, -0.2) is 0 Å². The van der Waals surface area contributed by atoms with Gasteiger partial charge in [0.1, 0.15) is 13.2 Å². The monoisotopic (exact) mass is 845 g/mol. The molecule has 6 heteroatoms. The van der Waals surface area contributed by atoms with Gasteiger partial charge in [0.25, 0.3) is 0 Å². The Bertz CT molecular complexity index is 1290. The second-order valence-corrected chi connectivity index (χ2v) is 15.7. The normalized spacial score (nSPS) is 13.0. The van der Waals surface area contributed by atoms with Gasteiger partial charge in [-0.05, 0) is 96.3 Å². The van der Waals surface area contributed by atoms with Crippen LogP contribution < -0.4 is 0 Å². The van der Waals surface area contributed by atoms with Crippen molar-refractivity contribution in [3.8, 4) is 0 Å². The lowest BCUT2D eigenvalue weighted by atomic mass is 10.1. The van der Waals surface area contributed by atoms with Crippen LogP contribution in [0.5, 0.6) is 0 Å². The topological polar surface area (TPSA) is 78.9 Å². The summed E-state index contributed by atoms with van der Waals surface area (Å²) in [5.74, 6) is -1.01. The first-order valence-electron chi connectivity index (χ1n) is 24.5. The highest BCUT2D eigenvalue weighted by Crippen LogP contribution is 2.12. The zero-order valence-corrected chi connectivity index (χ0v) is 39.1. The van der Waals surface area contributed by atoms with Crippen LogP contribution in [0.2, 0.25) is 0 Å². The van der Waals surface area contributed by atoms with Crippen LogP contribution in [0.1, 0.15) is 201 Å². The molecular formula is C55H88O6. The van der Waals surface area contributed by atoms with E-state index in [-0.39, 0.29) is 37.5 Å². The highest BCUT2D eigenvalue weighted by atomic mass is 16.6. The van der Waals surface area contributed by atoms with E-state index < -0.39 is 6.10 Å². The summed E-state index contributed by atoms with van der Waals surface area (Å²) in [6.07, 6.45) is 65.0. The third-order valence-electron chi connectivity index (χ3n) is 9.87. The highest BCUT2D eigenvalue weighted by Gasteiger charge is 2.19. The molecule has 0 radical (unpaired) electrons. The third kappa shape index (κ3) is 47.0. The fraction of sp³-hybridized carbons (Fsp3) is 0.618. The molecule has 1 unspecified atom stereocenters. The van der Waals surface area contributed by atoms with Crippen LogP contribution in [0.15, 0.2) is 109 Å². The summed E-state index contributed by atoms with van der Waals surface area (Å²) in [7, 11) is 0. The van der Waals surface area contributed by atoms with E-state index in [0.717, 1.165) is 89.9 Å². The molecule has 0 aromatic carbocycles. The number of carbonyl (C=O) groups is 3. The predicted octanol–water partition coefficient (Wildman–Crippen LogP) is 16.0. The van der Waals surface area contributed by atoms with Gasteiger partial charge in [-0.15, -0.1) is 0 Å². The van der Waals surface area contributed by atoms with E-state index >= 15 is 0 Å². The Hall–Kier alpha value is -3.93. The van der Waals surface area contributed by atoms with Gasteiger partial charge in [0.2, 0.25) is 0 Å². The molecule has 6 nitrogen and oxygen atoms in total. The summed E-state index contributed by atoms with van der Waals surface area (Å²) in [4.78, 5) is 37.9. The summed E-state index contributed by atoms with van der Waals surface area (Å²) in [5, 5.41) is 0. The first kappa shape index (κ1) is 57.1. The average molecular weight is 845 g/mol. The van der Waals surface area contributed by atoms with Gasteiger partial charge in [-0.3, -0.25) is 14.4 Å². The van der Waals surface area contributed by atoms with Crippen LogP contribution in [-0.4, -0.2) is 37.2 Å². The van der Waals surface area contributed by atoms with Crippen molar-refractivity contribution in [1.82, 2.24) is 0 Å². The molecule has 0 aliphatic heterocycles. The Morgan fingerprint density at radius 3 is 1.26 bits per heavy atom. The number of unbranched alkanes of at least 4 members (excludes halogenated alkanes) is 17. The number of allylic oxidation sites excluding steroid dienone is 18. The van der Waals surface area contributed by atoms with Crippen molar-refractivity contribution >= 4 is 17.9 Å². The molecule has 0 saturated heterocycles. The molecule has 0 aliphatic rings. The molecule has 61 heavy (non-hydrogen) atoms. The lowest BCUT2D eigenvalue weighted by Crippen LogP contribution is -2.30. The van der Waals surface area contributed by atoms with E-state index in [1.165, 1.54) is 57.8 Å². The molecule has 0 aromatic heterocycles. The maximum atomic E-state index is 12.8. The van der Waals surface area contributed by atoms with Gasteiger partial charge in [0.15, 0.2) is 6.10 Å². The summed E-state index contributed by atoms with van der Waals surface area (Å²) in [5.41, 5.74) is 0. The van der Waals surface area contributed by atoms with E-state index in [2.05, 4.69) is 81.5 Å². The Labute approximate surface area is 374 Å². The van der Waals surface area contributed by atoms with E-state index in [4.69, 9.17) is 14.2 Å². The van der Waals surface area contributed by atoms with E-state index in [1.807, 2.05) is 48.6 Å². The van der Waals surface area contributed by atoms with Gasteiger partial charge in [0.05, 0.1) is 0 Å². The molecule has 0 bridgehead atoms. The molecule has 0 fully saturated rings. The average Bonchev–Trinajstić information content (AvgIpc) is 3.26. The molecule has 0 heterocycles. The van der Waals surface area contributed by atoms with Crippen LogP contribution in [0.25, 0.3) is 0 Å². The highest BCUT2D eigenvalue weighted by molar-refractivity contribution is 5.71. The number of ether oxygens (including phenoxy) is 3. The number of rotatable bonds is 42. The molecule has 0 aliphatic carbocycles. The largest absolute Gasteiger partial charge is 0.462 e. The van der Waals surface area contributed by atoms with Crippen LogP contribution >= 0.6 is 0 Å². The Balaban J connectivity index is 4.53. The van der Waals surface area contributed by atoms with Gasteiger partial charge < -0.3 is 14.2 Å². The SMILES string of the molecule is CC\C=C/C=C\C=C/C=C\C=C/CCCCCC(=O)OC(COC(=O)CCCC/C=C\C/C=C\C/C=C\CC)COC(=O)CCCCCCC/C=C\CCCCCCCCC. The lowest BCUT2D eigenvalue weighted by Gasteiger charge is -2.18. The summed E-state index contributed by atoms with van der Waals surface area (Å²) in [6, 6.07) is 0. The maximum Gasteiger partial charge on any atom is 0.306 e. The summed E-state index contributed by atoms with van der Waals surface area (Å²) < 4.78 is 16.7. The second-order valence-electron chi connectivity index (χ2n) is 15.7. The minimum atomic E-state index is -0.820. The van der Waals surface area contributed by atoms with Gasteiger partial charge >= 0.3 is 17.9 Å². The zero-order valence-electron chi connectivity index (χ0n) is 39.1. The molecule has 0 amide bonds. The summed E-state index contributed by atoms with van der Waals surface area (Å²) in [6.45, 7) is 6.27. The van der Waals surface area contributed by atoms with Crippen LogP contribution in [-0.2, 0) is 28.6 Å². The van der Waals surface area contributed by atoms with Crippen molar-refractivity contribution in [3.05, 3.63) is 109 Å². The number of esters is 3. The minimum Gasteiger partial charge on any atom is -0.462 e. The molecular weight excluding hydrogens is 757 g/mol. The second kappa shape index (κ2) is 48.7. The molecule has 344 valence electrons. The first-order chi connectivity index (χ1) is 30.0. The van der Waals surface area contributed by atoms with Gasteiger partial charge in [-0.1, -0.05) is 194 Å². The summed E-state index contributed by atoms with van der Waals surface area (Å²) >= 11 is 0. The molecule has 0 N–H and O–H groups in total. The van der Waals surface area contributed by atoms with Crippen LogP contribution in [0.3, 0.4) is 0 Å².